The normalized spacial score (nSPS) is 17.8. The quantitative estimate of drug-likeness (QED) is 0.286. The second-order valence-electron chi connectivity index (χ2n) is 14.2. The number of carbonyl (C=O) groups is 1. The van der Waals surface area contributed by atoms with Crippen LogP contribution < -0.4 is 4.90 Å². The van der Waals surface area contributed by atoms with E-state index in [2.05, 4.69) is 41.8 Å². The van der Waals surface area contributed by atoms with E-state index in [4.69, 9.17) is 21.3 Å². The van der Waals surface area contributed by atoms with Gasteiger partial charge in [-0.3, -0.25) is 9.88 Å². The molecule has 5 rings (SSSR count). The average Bonchev–Trinajstić information content (AvgIpc) is 2.93. The van der Waals surface area contributed by atoms with Crippen molar-refractivity contribution in [2.45, 2.75) is 92.5 Å². The number of aromatic nitrogens is 1. The molecule has 44 heavy (non-hydrogen) atoms. The van der Waals surface area contributed by atoms with E-state index in [-0.39, 0.29) is 16.3 Å². The van der Waals surface area contributed by atoms with Gasteiger partial charge in [0, 0.05) is 60.8 Å². The Morgan fingerprint density at radius 2 is 1.80 bits per heavy atom. The predicted octanol–water partition coefficient (Wildman–Crippen LogP) is 8.28. The highest BCUT2D eigenvalue weighted by Crippen LogP contribution is 2.45. The maximum Gasteiger partial charge on any atom is 0.337 e. The summed E-state index contributed by atoms with van der Waals surface area (Å²) >= 11 is 6.03. The smallest absolute Gasteiger partial charge is 0.337 e. The Labute approximate surface area is 266 Å². The van der Waals surface area contributed by atoms with Crippen molar-refractivity contribution in [1.29, 1.82) is 0 Å². The second-order valence-corrected chi connectivity index (χ2v) is 14.6. The molecule has 0 spiro atoms. The van der Waals surface area contributed by atoms with Crippen LogP contribution in [0.3, 0.4) is 0 Å². The number of hydrogen-bond donors (Lipinski definition) is 1. The van der Waals surface area contributed by atoms with E-state index in [1.807, 2.05) is 34.6 Å². The van der Waals surface area contributed by atoms with Gasteiger partial charge in [-0.1, -0.05) is 55.8 Å². The third-order valence-corrected chi connectivity index (χ3v) is 9.27. The fourth-order valence-electron chi connectivity index (χ4n) is 6.57. The number of carboxylic acids is 1. The molecule has 0 aliphatic carbocycles. The Morgan fingerprint density at radius 1 is 1.09 bits per heavy atom. The van der Waals surface area contributed by atoms with Crippen LogP contribution >= 0.6 is 11.6 Å². The number of fused-ring (bicyclic) bond motifs is 1. The maximum absolute atomic E-state index is 14.6. The number of benzene rings is 2. The molecule has 236 valence electrons. The number of aliphatic carboxylic acids is 1. The fraction of sp³-hybridized carbons (Fsp3) is 0.500. The zero-order valence-electron chi connectivity index (χ0n) is 27.1. The van der Waals surface area contributed by atoms with Gasteiger partial charge in [-0.25, -0.2) is 9.18 Å². The molecule has 1 fully saturated rings. The monoisotopic (exact) mass is 621 g/mol. The van der Waals surface area contributed by atoms with E-state index >= 15 is 0 Å². The van der Waals surface area contributed by atoms with Gasteiger partial charge in [0.1, 0.15) is 5.82 Å². The fourth-order valence-corrected chi connectivity index (χ4v) is 6.76. The molecule has 1 saturated heterocycles. The Kier molecular flexibility index (Phi) is 9.14. The average molecular weight is 622 g/mol. The molecule has 1 aromatic heterocycles. The summed E-state index contributed by atoms with van der Waals surface area (Å²) in [7, 11) is 0. The van der Waals surface area contributed by atoms with E-state index < -0.39 is 17.7 Å². The van der Waals surface area contributed by atoms with Crippen molar-refractivity contribution in [3.63, 3.8) is 0 Å². The van der Waals surface area contributed by atoms with Crippen LogP contribution in [-0.2, 0) is 29.0 Å². The van der Waals surface area contributed by atoms with E-state index in [9.17, 15) is 14.3 Å². The molecule has 1 unspecified atom stereocenters. The number of nitrogens with zero attached hydrogens (tertiary/aromatic N) is 3. The van der Waals surface area contributed by atoms with Gasteiger partial charge in [-0.15, -0.1) is 0 Å². The van der Waals surface area contributed by atoms with Crippen LogP contribution in [0.15, 0.2) is 36.4 Å². The van der Waals surface area contributed by atoms with Crippen molar-refractivity contribution in [2.75, 3.05) is 24.5 Å². The minimum atomic E-state index is -1.15. The highest BCUT2D eigenvalue weighted by Gasteiger charge is 2.36. The van der Waals surface area contributed by atoms with Crippen LogP contribution in [-0.4, -0.2) is 46.2 Å². The SMILES string of the molecule is Cc1nc(C)c(C(OC(C)(C)C)C(=O)O)c(N2CCC(C)(C)CC2)c1-c1ccc2c(c1)CCN(Cc1cccc(Cl)c1F)C2. The molecular weight excluding hydrogens is 577 g/mol. The van der Waals surface area contributed by atoms with Crippen molar-refractivity contribution in [2.24, 2.45) is 5.41 Å². The molecular formula is C36H45ClFN3O3. The van der Waals surface area contributed by atoms with Gasteiger partial charge >= 0.3 is 5.97 Å². The Hall–Kier alpha value is -3.00. The number of rotatable bonds is 7. The van der Waals surface area contributed by atoms with Gasteiger partial charge < -0.3 is 14.7 Å². The molecule has 8 heteroatoms. The summed E-state index contributed by atoms with van der Waals surface area (Å²) in [5.74, 6) is -1.36. The van der Waals surface area contributed by atoms with E-state index in [1.54, 1.807) is 18.2 Å². The number of piperidine rings is 1. The molecule has 6 nitrogen and oxygen atoms in total. The third kappa shape index (κ3) is 6.95. The second kappa shape index (κ2) is 12.4. The summed E-state index contributed by atoms with van der Waals surface area (Å²) in [5, 5.41) is 10.6. The van der Waals surface area contributed by atoms with Crippen molar-refractivity contribution in [3.8, 4) is 11.1 Å². The Bertz CT molecular complexity index is 1560. The first-order valence-electron chi connectivity index (χ1n) is 15.6. The van der Waals surface area contributed by atoms with Gasteiger partial charge in [0.15, 0.2) is 6.10 Å². The number of aryl methyl sites for hydroxylation is 2. The lowest BCUT2D eigenvalue weighted by molar-refractivity contribution is -0.160. The minimum Gasteiger partial charge on any atom is -0.479 e. The summed E-state index contributed by atoms with van der Waals surface area (Å²) in [5.41, 5.74) is 7.76. The number of carboxylic acid groups (broad SMARTS) is 1. The van der Waals surface area contributed by atoms with Crippen molar-refractivity contribution in [3.05, 3.63) is 80.9 Å². The zero-order chi connectivity index (χ0) is 32.0. The Morgan fingerprint density at radius 3 is 2.45 bits per heavy atom. The van der Waals surface area contributed by atoms with Crippen LogP contribution in [0.25, 0.3) is 11.1 Å². The van der Waals surface area contributed by atoms with Crippen molar-refractivity contribution >= 4 is 23.3 Å². The summed E-state index contributed by atoms with van der Waals surface area (Å²) in [4.78, 5) is 22.3. The van der Waals surface area contributed by atoms with E-state index in [1.165, 1.54) is 11.1 Å². The highest BCUT2D eigenvalue weighted by atomic mass is 35.5. The summed E-state index contributed by atoms with van der Waals surface area (Å²) < 4.78 is 20.8. The first-order chi connectivity index (χ1) is 20.6. The van der Waals surface area contributed by atoms with Crippen LogP contribution in [0.5, 0.6) is 0 Å². The van der Waals surface area contributed by atoms with E-state index in [0.717, 1.165) is 61.4 Å². The van der Waals surface area contributed by atoms with Gasteiger partial charge in [0.25, 0.3) is 0 Å². The maximum atomic E-state index is 14.6. The third-order valence-electron chi connectivity index (χ3n) is 8.98. The summed E-state index contributed by atoms with van der Waals surface area (Å²) in [6.07, 6.45) is 1.70. The first kappa shape index (κ1) is 32.4. The molecule has 0 radical (unpaired) electrons. The van der Waals surface area contributed by atoms with Gasteiger partial charge in [0.2, 0.25) is 0 Å². The Balaban J connectivity index is 1.57. The number of halogens is 2. The highest BCUT2D eigenvalue weighted by molar-refractivity contribution is 6.30. The zero-order valence-corrected chi connectivity index (χ0v) is 27.8. The lowest BCUT2D eigenvalue weighted by Gasteiger charge is -2.41. The molecule has 0 bridgehead atoms. The summed E-state index contributed by atoms with van der Waals surface area (Å²) in [6, 6.07) is 11.7. The number of ether oxygens (including phenoxy) is 1. The molecule has 0 saturated carbocycles. The molecule has 3 heterocycles. The van der Waals surface area contributed by atoms with Gasteiger partial charge in [0.05, 0.1) is 16.3 Å². The lowest BCUT2D eigenvalue weighted by Crippen LogP contribution is -2.39. The van der Waals surface area contributed by atoms with Crippen LogP contribution in [0.4, 0.5) is 10.1 Å². The molecule has 2 aromatic carbocycles. The van der Waals surface area contributed by atoms with Gasteiger partial charge in [-0.2, -0.15) is 0 Å². The van der Waals surface area contributed by atoms with Crippen LogP contribution in [0.2, 0.25) is 5.02 Å². The first-order valence-corrected chi connectivity index (χ1v) is 16.0. The predicted molar refractivity (Wildman–Crippen MR) is 175 cm³/mol. The largest absolute Gasteiger partial charge is 0.479 e. The van der Waals surface area contributed by atoms with E-state index in [0.29, 0.717) is 29.9 Å². The number of hydrogen-bond acceptors (Lipinski definition) is 5. The minimum absolute atomic E-state index is 0.150. The molecule has 2 aliphatic rings. The standard InChI is InChI=1S/C36H45ClFN3O3/c1-22-29(25-11-12-26-20-40(16-13-24(26)19-25)21-27-9-8-10-28(37)31(27)38)32(41-17-14-36(6,7)15-18-41)30(23(2)39-22)33(34(42)43)44-35(3,4)5/h8-12,19,33H,13-18,20-21H2,1-7H3,(H,42,43). The molecule has 3 aromatic rings. The van der Waals surface area contributed by atoms with Crippen LogP contribution in [0, 0.1) is 25.1 Å². The molecule has 1 atom stereocenters. The summed E-state index contributed by atoms with van der Waals surface area (Å²) in [6.45, 7) is 17.8. The van der Waals surface area contributed by atoms with Crippen molar-refractivity contribution < 1.29 is 19.0 Å². The lowest BCUT2D eigenvalue weighted by atomic mass is 9.81. The van der Waals surface area contributed by atoms with Crippen LogP contribution in [0.1, 0.15) is 87.2 Å². The van der Waals surface area contributed by atoms with Gasteiger partial charge in [-0.05, 0) is 82.1 Å². The molecule has 2 aliphatic heterocycles. The molecule has 1 N–H and O–H groups in total. The number of anilines is 1. The molecule has 0 amide bonds. The number of pyridine rings is 1. The topological polar surface area (TPSA) is 65.9 Å². The van der Waals surface area contributed by atoms with Crippen molar-refractivity contribution in [1.82, 2.24) is 9.88 Å².